The molecule has 2 aromatic rings. The highest BCUT2D eigenvalue weighted by atomic mass is 35.5. The molecule has 1 aliphatic carbocycles. The lowest BCUT2D eigenvalue weighted by Gasteiger charge is -2.34. The van der Waals surface area contributed by atoms with Crippen LogP contribution in [-0.4, -0.2) is 5.78 Å². The molecule has 0 bridgehead atoms. The van der Waals surface area contributed by atoms with Gasteiger partial charge in [-0.1, -0.05) is 55.2 Å². The molecule has 2 N–H and O–H groups in total. The summed E-state index contributed by atoms with van der Waals surface area (Å²) in [5.74, 6) is 0.167. The average Bonchev–Trinajstić information content (AvgIpc) is 2.72. The molecule has 2 aromatic carbocycles. The van der Waals surface area contributed by atoms with E-state index in [9.17, 15) is 4.79 Å². The highest BCUT2D eigenvalue weighted by Gasteiger charge is 2.38. The predicted octanol–water partition coefficient (Wildman–Crippen LogP) is 6.22. The van der Waals surface area contributed by atoms with E-state index in [0.717, 1.165) is 34.6 Å². The van der Waals surface area contributed by atoms with E-state index in [1.807, 2.05) is 36.4 Å². The Hall–Kier alpha value is -1.97. The van der Waals surface area contributed by atoms with Crippen molar-refractivity contribution in [3.8, 4) is 0 Å². The van der Waals surface area contributed by atoms with Gasteiger partial charge in [0.2, 0.25) is 0 Å². The number of para-hydroxylation sites is 2. The van der Waals surface area contributed by atoms with Crippen molar-refractivity contribution in [2.45, 2.75) is 32.7 Å². The first kappa shape index (κ1) is 17.4. The van der Waals surface area contributed by atoms with Gasteiger partial charge in [-0.2, -0.15) is 0 Å². The molecule has 0 aromatic heterocycles. The Morgan fingerprint density at radius 2 is 1.73 bits per heavy atom. The van der Waals surface area contributed by atoms with Crippen molar-refractivity contribution in [2.75, 3.05) is 10.6 Å². The van der Waals surface area contributed by atoms with Crippen LogP contribution in [0.15, 0.2) is 53.7 Å². The van der Waals surface area contributed by atoms with E-state index in [0.29, 0.717) is 16.5 Å². The van der Waals surface area contributed by atoms with Gasteiger partial charge in [0, 0.05) is 17.7 Å². The van der Waals surface area contributed by atoms with Crippen LogP contribution in [0.3, 0.4) is 0 Å². The molecule has 0 unspecified atom stereocenters. The van der Waals surface area contributed by atoms with Crippen molar-refractivity contribution in [1.29, 1.82) is 0 Å². The summed E-state index contributed by atoms with van der Waals surface area (Å²) in [5.41, 5.74) is 4.58. The van der Waals surface area contributed by atoms with Crippen LogP contribution in [-0.2, 0) is 4.79 Å². The number of anilines is 2. The molecule has 5 heteroatoms. The Morgan fingerprint density at radius 1 is 1.00 bits per heavy atom. The van der Waals surface area contributed by atoms with Gasteiger partial charge in [-0.3, -0.25) is 4.79 Å². The maximum absolute atomic E-state index is 13.1. The number of allylic oxidation sites excluding steroid dienone is 1. The Kier molecular flexibility index (Phi) is 4.25. The van der Waals surface area contributed by atoms with Crippen LogP contribution in [0.2, 0.25) is 10.0 Å². The summed E-state index contributed by atoms with van der Waals surface area (Å²) < 4.78 is 0. The largest absolute Gasteiger partial charge is 0.372 e. The minimum absolute atomic E-state index is 0.0651. The lowest BCUT2D eigenvalue weighted by molar-refractivity contribution is -0.118. The van der Waals surface area contributed by atoms with Crippen molar-refractivity contribution in [1.82, 2.24) is 0 Å². The van der Waals surface area contributed by atoms with Gasteiger partial charge in [0.15, 0.2) is 5.78 Å². The molecule has 3 nitrogen and oxygen atoms in total. The summed E-state index contributed by atoms with van der Waals surface area (Å²) in [6.07, 6.45) is 1.35. The number of Topliss-reactive ketones (excluding diaryl/α,β-unsaturated/α-hetero) is 1. The number of carbonyl (C=O) groups excluding carboxylic acids is 1. The fraction of sp³-hybridized carbons (Fsp3) is 0.286. The number of hydrogen-bond donors (Lipinski definition) is 2. The van der Waals surface area contributed by atoms with E-state index >= 15 is 0 Å². The fourth-order valence-corrected chi connectivity index (χ4v) is 4.14. The van der Waals surface area contributed by atoms with Crippen LogP contribution in [0.25, 0.3) is 0 Å². The molecule has 134 valence electrons. The number of carbonyl (C=O) groups is 1. The minimum atomic E-state index is -0.264. The number of halogens is 2. The second kappa shape index (κ2) is 6.33. The maximum Gasteiger partial charge on any atom is 0.163 e. The topological polar surface area (TPSA) is 41.1 Å². The Morgan fingerprint density at radius 3 is 2.46 bits per heavy atom. The third kappa shape index (κ3) is 3.10. The Balaban J connectivity index is 1.89. The highest BCUT2D eigenvalue weighted by molar-refractivity contribution is 6.42. The monoisotopic (exact) mass is 386 g/mol. The lowest BCUT2D eigenvalue weighted by atomic mass is 9.73. The highest BCUT2D eigenvalue weighted by Crippen LogP contribution is 2.45. The third-order valence-electron chi connectivity index (χ3n) is 5.00. The number of ketones is 1. The standard InChI is InChI=1S/C21H20Cl2N2O/c1-21(2)10-17-19(18(26)11-21)20(12-7-8-13(22)14(23)9-12)25-16-6-4-3-5-15(16)24-17/h3-9,20,24-25H,10-11H2,1-2H3/t20-/m1/s1. The van der Waals surface area contributed by atoms with Crippen molar-refractivity contribution in [3.05, 3.63) is 69.3 Å². The molecule has 0 amide bonds. The molecule has 0 fully saturated rings. The summed E-state index contributed by atoms with van der Waals surface area (Å²) in [6.45, 7) is 4.27. The van der Waals surface area contributed by atoms with E-state index in [1.165, 1.54) is 0 Å². The van der Waals surface area contributed by atoms with E-state index in [4.69, 9.17) is 23.2 Å². The third-order valence-corrected chi connectivity index (χ3v) is 5.74. The van der Waals surface area contributed by atoms with E-state index in [2.05, 4.69) is 24.5 Å². The first-order chi connectivity index (χ1) is 12.3. The SMILES string of the molecule is CC1(C)CC(=O)C2=C(C1)Nc1ccccc1N[C@@H]2c1ccc(Cl)c(Cl)c1. The molecule has 0 saturated carbocycles. The summed E-state index contributed by atoms with van der Waals surface area (Å²) in [4.78, 5) is 13.1. The molecule has 1 atom stereocenters. The summed E-state index contributed by atoms with van der Waals surface area (Å²) >= 11 is 12.3. The van der Waals surface area contributed by atoms with E-state index in [1.54, 1.807) is 6.07 Å². The number of hydrogen-bond acceptors (Lipinski definition) is 3. The Bertz CT molecular complexity index is 933. The van der Waals surface area contributed by atoms with Gasteiger partial charge in [0.25, 0.3) is 0 Å². The number of rotatable bonds is 1. The van der Waals surface area contributed by atoms with Gasteiger partial charge in [-0.15, -0.1) is 0 Å². The molecule has 0 radical (unpaired) electrons. The molecule has 0 spiro atoms. The average molecular weight is 387 g/mol. The van der Waals surface area contributed by atoms with Gasteiger partial charge in [0.05, 0.1) is 27.5 Å². The van der Waals surface area contributed by atoms with E-state index < -0.39 is 0 Å². The smallest absolute Gasteiger partial charge is 0.163 e. The Labute approximate surface area is 163 Å². The zero-order chi connectivity index (χ0) is 18.5. The number of nitrogens with one attached hydrogen (secondary N) is 2. The van der Waals surface area contributed by atoms with Crippen LogP contribution in [0.4, 0.5) is 11.4 Å². The number of fused-ring (bicyclic) bond motifs is 1. The summed E-state index contributed by atoms with van der Waals surface area (Å²) in [6, 6.07) is 13.3. The van der Waals surface area contributed by atoms with Gasteiger partial charge in [-0.25, -0.2) is 0 Å². The molecule has 2 aliphatic rings. The molecule has 1 heterocycles. The minimum Gasteiger partial charge on any atom is -0.372 e. The zero-order valence-corrected chi connectivity index (χ0v) is 16.2. The first-order valence-corrected chi connectivity index (χ1v) is 9.43. The molecule has 4 rings (SSSR count). The van der Waals surface area contributed by atoms with Crippen LogP contribution < -0.4 is 10.6 Å². The first-order valence-electron chi connectivity index (χ1n) is 8.68. The van der Waals surface area contributed by atoms with Crippen molar-refractivity contribution in [3.63, 3.8) is 0 Å². The normalized spacial score (nSPS) is 21.2. The van der Waals surface area contributed by atoms with Crippen molar-refractivity contribution in [2.24, 2.45) is 5.41 Å². The molecule has 26 heavy (non-hydrogen) atoms. The lowest BCUT2D eigenvalue weighted by Crippen LogP contribution is -2.31. The van der Waals surface area contributed by atoms with Crippen molar-refractivity contribution >= 4 is 40.4 Å². The second-order valence-electron chi connectivity index (χ2n) is 7.75. The molecule has 1 aliphatic heterocycles. The fourth-order valence-electron chi connectivity index (χ4n) is 3.83. The van der Waals surface area contributed by atoms with Crippen LogP contribution in [0, 0.1) is 5.41 Å². The van der Waals surface area contributed by atoms with Crippen LogP contribution in [0.1, 0.15) is 38.3 Å². The quantitative estimate of drug-likeness (QED) is 0.611. The summed E-state index contributed by atoms with van der Waals surface area (Å²) in [5, 5.41) is 8.04. The van der Waals surface area contributed by atoms with Gasteiger partial charge >= 0.3 is 0 Å². The molecule has 0 saturated heterocycles. The van der Waals surface area contributed by atoms with Crippen molar-refractivity contribution < 1.29 is 4.79 Å². The zero-order valence-electron chi connectivity index (χ0n) is 14.7. The molecular weight excluding hydrogens is 367 g/mol. The summed E-state index contributed by atoms with van der Waals surface area (Å²) in [7, 11) is 0. The van der Waals surface area contributed by atoms with Gasteiger partial charge in [0.1, 0.15) is 0 Å². The van der Waals surface area contributed by atoms with Gasteiger partial charge in [-0.05, 0) is 41.7 Å². The van der Waals surface area contributed by atoms with Gasteiger partial charge < -0.3 is 10.6 Å². The van der Waals surface area contributed by atoms with Crippen LogP contribution in [0.5, 0.6) is 0 Å². The number of benzene rings is 2. The predicted molar refractivity (Wildman–Crippen MR) is 108 cm³/mol. The second-order valence-corrected chi connectivity index (χ2v) is 8.57. The maximum atomic E-state index is 13.1. The molecular formula is C21H20Cl2N2O. The van der Waals surface area contributed by atoms with E-state index in [-0.39, 0.29) is 17.2 Å². The van der Waals surface area contributed by atoms with Crippen LogP contribution >= 0.6 is 23.2 Å².